The molecule has 0 heterocycles. The molecule has 1 rings (SSSR count). The van der Waals surface area contributed by atoms with Gasteiger partial charge in [0.15, 0.2) is 25.1 Å². The summed E-state index contributed by atoms with van der Waals surface area (Å²) in [5.41, 5.74) is -0.254. The van der Waals surface area contributed by atoms with Gasteiger partial charge in [-0.1, -0.05) is 24.3 Å². The number of hydrogen-bond donors (Lipinski definition) is 2. The number of carbonyl (C=O) groups excluding carboxylic acids is 1. The number of amides is 1. The molecule has 0 saturated heterocycles. The predicted octanol–water partition coefficient (Wildman–Crippen LogP) is 2.60. The Morgan fingerprint density at radius 2 is 1.44 bits per heavy atom. The van der Waals surface area contributed by atoms with Gasteiger partial charge in [0, 0.05) is 7.05 Å². The molecule has 148 valence electrons. The predicted molar refractivity (Wildman–Crippen MR) is 99.3 cm³/mol. The standard InChI is InChI=1S/C19H25NO7/c1-4-6-8-24-12-26-16-10-14(18(21)20-3)15(19(22)23)11-17(16)27-13-25-9-7-5-2/h4-7,10-11H,8-9,12-13H2,1-3H3,(H,20,21)(H,22,23). The monoisotopic (exact) mass is 379 g/mol. The highest BCUT2D eigenvalue weighted by Crippen LogP contribution is 2.31. The summed E-state index contributed by atoms with van der Waals surface area (Å²) in [6.07, 6.45) is 7.27. The fourth-order valence-electron chi connectivity index (χ4n) is 1.92. The van der Waals surface area contributed by atoms with Crippen molar-refractivity contribution >= 4 is 11.9 Å². The lowest BCUT2D eigenvalue weighted by Gasteiger charge is -2.15. The summed E-state index contributed by atoms with van der Waals surface area (Å²) in [5.74, 6) is -1.50. The minimum absolute atomic E-state index is 0.0457. The summed E-state index contributed by atoms with van der Waals surface area (Å²) in [4.78, 5) is 23.5. The van der Waals surface area contributed by atoms with Gasteiger partial charge in [-0.2, -0.15) is 0 Å². The van der Waals surface area contributed by atoms with Crippen molar-refractivity contribution < 1.29 is 33.6 Å². The zero-order valence-corrected chi connectivity index (χ0v) is 15.7. The van der Waals surface area contributed by atoms with E-state index >= 15 is 0 Å². The molecule has 2 N–H and O–H groups in total. The minimum atomic E-state index is -1.26. The Kier molecular flexibility index (Phi) is 10.3. The lowest BCUT2D eigenvalue weighted by atomic mass is 10.1. The van der Waals surface area contributed by atoms with Crippen molar-refractivity contribution in [3.05, 3.63) is 47.6 Å². The molecular weight excluding hydrogens is 354 g/mol. The van der Waals surface area contributed by atoms with Gasteiger partial charge in [0.05, 0.1) is 24.3 Å². The lowest BCUT2D eigenvalue weighted by molar-refractivity contribution is 0.0134. The van der Waals surface area contributed by atoms with E-state index in [1.807, 2.05) is 26.0 Å². The van der Waals surface area contributed by atoms with Crippen molar-refractivity contribution in [2.45, 2.75) is 13.8 Å². The summed E-state index contributed by atoms with van der Waals surface area (Å²) < 4.78 is 21.5. The number of carbonyl (C=O) groups is 2. The number of allylic oxidation sites excluding steroid dienone is 2. The average Bonchev–Trinajstić information content (AvgIpc) is 2.67. The molecule has 0 aromatic heterocycles. The van der Waals surface area contributed by atoms with Crippen LogP contribution < -0.4 is 14.8 Å². The summed E-state index contributed by atoms with van der Waals surface area (Å²) >= 11 is 0. The molecule has 0 radical (unpaired) electrons. The van der Waals surface area contributed by atoms with Crippen LogP contribution in [0.15, 0.2) is 36.4 Å². The molecule has 1 aromatic carbocycles. The zero-order chi connectivity index (χ0) is 20.1. The minimum Gasteiger partial charge on any atom is -0.478 e. The van der Waals surface area contributed by atoms with Crippen LogP contribution in [0.5, 0.6) is 11.5 Å². The molecule has 0 spiro atoms. The van der Waals surface area contributed by atoms with Crippen molar-refractivity contribution in [1.29, 1.82) is 0 Å². The first-order valence-electron chi connectivity index (χ1n) is 8.31. The Balaban J connectivity index is 3.04. The molecular formula is C19H25NO7. The summed E-state index contributed by atoms with van der Waals surface area (Å²) in [5, 5.41) is 11.8. The van der Waals surface area contributed by atoms with Gasteiger partial charge in [-0.15, -0.1) is 0 Å². The van der Waals surface area contributed by atoms with Crippen LogP contribution in [0, 0.1) is 0 Å². The first-order chi connectivity index (χ1) is 13.0. The fraction of sp³-hybridized carbons (Fsp3) is 0.368. The topological polar surface area (TPSA) is 103 Å². The van der Waals surface area contributed by atoms with E-state index in [4.69, 9.17) is 18.9 Å². The Hall–Kier alpha value is -2.84. The molecule has 8 heteroatoms. The highest BCUT2D eigenvalue weighted by Gasteiger charge is 2.21. The number of nitrogens with one attached hydrogen (secondary N) is 1. The second-order valence-electron chi connectivity index (χ2n) is 5.13. The van der Waals surface area contributed by atoms with Crippen molar-refractivity contribution in [3.63, 3.8) is 0 Å². The van der Waals surface area contributed by atoms with Gasteiger partial charge >= 0.3 is 5.97 Å². The maximum atomic E-state index is 12.0. The number of ether oxygens (including phenoxy) is 4. The molecule has 0 fully saturated rings. The van der Waals surface area contributed by atoms with Gasteiger partial charge < -0.3 is 29.4 Å². The van der Waals surface area contributed by atoms with E-state index in [1.54, 1.807) is 12.2 Å². The third-order valence-corrected chi connectivity index (χ3v) is 3.28. The molecule has 0 unspecified atom stereocenters. The van der Waals surface area contributed by atoms with Gasteiger partial charge in [0.1, 0.15) is 0 Å². The maximum Gasteiger partial charge on any atom is 0.336 e. The van der Waals surface area contributed by atoms with E-state index < -0.39 is 11.9 Å². The van der Waals surface area contributed by atoms with Crippen LogP contribution in [0.1, 0.15) is 34.6 Å². The fourth-order valence-corrected chi connectivity index (χ4v) is 1.92. The Morgan fingerprint density at radius 1 is 0.963 bits per heavy atom. The molecule has 1 amide bonds. The number of aromatic carboxylic acids is 1. The first kappa shape index (κ1) is 22.2. The van der Waals surface area contributed by atoms with Crippen molar-refractivity contribution in [3.8, 4) is 11.5 Å². The van der Waals surface area contributed by atoms with Crippen LogP contribution in [0.25, 0.3) is 0 Å². The average molecular weight is 379 g/mol. The van der Waals surface area contributed by atoms with E-state index in [0.717, 1.165) is 0 Å². The number of carboxylic acids is 1. The molecule has 0 atom stereocenters. The second-order valence-corrected chi connectivity index (χ2v) is 5.13. The molecule has 8 nitrogen and oxygen atoms in total. The van der Waals surface area contributed by atoms with Crippen molar-refractivity contribution in [1.82, 2.24) is 5.32 Å². The quantitative estimate of drug-likeness (QED) is 0.327. The Labute approximate surface area is 158 Å². The molecule has 0 bridgehead atoms. The van der Waals surface area contributed by atoms with Gasteiger partial charge in [0.2, 0.25) is 0 Å². The second kappa shape index (κ2) is 12.5. The van der Waals surface area contributed by atoms with Crippen molar-refractivity contribution in [2.24, 2.45) is 0 Å². The molecule has 0 aliphatic carbocycles. The zero-order valence-electron chi connectivity index (χ0n) is 15.7. The van der Waals surface area contributed by atoms with Crippen LogP contribution in [-0.4, -0.2) is 50.8 Å². The number of benzene rings is 1. The van der Waals surface area contributed by atoms with Gasteiger partial charge in [-0.25, -0.2) is 4.79 Å². The Morgan fingerprint density at radius 3 is 1.85 bits per heavy atom. The van der Waals surface area contributed by atoms with Crippen LogP contribution >= 0.6 is 0 Å². The molecule has 0 saturated carbocycles. The highest BCUT2D eigenvalue weighted by atomic mass is 16.7. The van der Waals surface area contributed by atoms with Crippen LogP contribution in [0.3, 0.4) is 0 Å². The van der Waals surface area contributed by atoms with Crippen LogP contribution in [-0.2, 0) is 9.47 Å². The highest BCUT2D eigenvalue weighted by molar-refractivity contribution is 6.05. The van der Waals surface area contributed by atoms with Crippen molar-refractivity contribution in [2.75, 3.05) is 33.8 Å². The number of carboxylic acid groups (broad SMARTS) is 1. The van der Waals surface area contributed by atoms with E-state index in [9.17, 15) is 14.7 Å². The lowest BCUT2D eigenvalue weighted by Crippen LogP contribution is -2.21. The smallest absolute Gasteiger partial charge is 0.336 e. The van der Waals surface area contributed by atoms with Crippen LogP contribution in [0.4, 0.5) is 0 Å². The first-order valence-corrected chi connectivity index (χ1v) is 8.31. The summed E-state index contributed by atoms with van der Waals surface area (Å²) in [6, 6.07) is 2.54. The van der Waals surface area contributed by atoms with Gasteiger partial charge in [-0.05, 0) is 26.0 Å². The van der Waals surface area contributed by atoms with E-state index in [-0.39, 0.29) is 36.2 Å². The van der Waals surface area contributed by atoms with Gasteiger partial charge in [-0.3, -0.25) is 4.79 Å². The SMILES string of the molecule is CC=CCOCOc1cc(C(=O)O)c(C(=O)NC)cc1OCOCC=CC. The largest absolute Gasteiger partial charge is 0.478 e. The molecule has 1 aromatic rings. The molecule has 27 heavy (non-hydrogen) atoms. The third-order valence-electron chi connectivity index (χ3n) is 3.28. The summed E-state index contributed by atoms with van der Waals surface area (Å²) in [6.45, 7) is 4.22. The third kappa shape index (κ3) is 7.51. The van der Waals surface area contributed by atoms with E-state index in [2.05, 4.69) is 5.32 Å². The number of rotatable bonds is 12. The van der Waals surface area contributed by atoms with E-state index in [0.29, 0.717) is 13.2 Å². The van der Waals surface area contributed by atoms with Gasteiger partial charge in [0.25, 0.3) is 5.91 Å². The maximum absolute atomic E-state index is 12.0. The molecule has 0 aliphatic heterocycles. The number of hydrogen-bond acceptors (Lipinski definition) is 6. The summed E-state index contributed by atoms with van der Waals surface area (Å²) in [7, 11) is 1.41. The van der Waals surface area contributed by atoms with E-state index in [1.165, 1.54) is 19.2 Å². The van der Waals surface area contributed by atoms with Crippen LogP contribution in [0.2, 0.25) is 0 Å². The molecule has 0 aliphatic rings. The Bertz CT molecular complexity index is 683. The normalized spacial score (nSPS) is 11.1.